The number of benzene rings is 1. The minimum atomic E-state index is -0.156. The molecule has 1 rings (SSSR count). The van der Waals surface area contributed by atoms with Crippen molar-refractivity contribution < 1.29 is 14.3 Å². The number of amides is 1. The van der Waals surface area contributed by atoms with E-state index in [1.165, 1.54) is 0 Å². The third-order valence-electron chi connectivity index (χ3n) is 2.94. The number of rotatable bonds is 9. The zero-order valence-electron chi connectivity index (χ0n) is 12.7. The number of methoxy groups -OCH3 is 1. The van der Waals surface area contributed by atoms with Gasteiger partial charge in [0.1, 0.15) is 5.75 Å². The first-order valence-corrected chi connectivity index (χ1v) is 7.79. The topological polar surface area (TPSA) is 59.6 Å². The first kappa shape index (κ1) is 17.9. The summed E-state index contributed by atoms with van der Waals surface area (Å²) in [6.07, 6.45) is 0. The van der Waals surface area contributed by atoms with Gasteiger partial charge in [-0.05, 0) is 31.7 Å². The molecule has 0 bridgehead atoms. The van der Waals surface area contributed by atoms with Gasteiger partial charge < -0.3 is 20.1 Å². The summed E-state index contributed by atoms with van der Waals surface area (Å²) in [4.78, 5) is 11.6. The molecule has 0 aliphatic heterocycles. The lowest BCUT2D eigenvalue weighted by molar-refractivity contribution is -0.123. The third-order valence-corrected chi connectivity index (χ3v) is 3.43. The minimum Gasteiger partial charge on any atom is -0.483 e. The van der Waals surface area contributed by atoms with Crippen molar-refractivity contribution in [2.75, 3.05) is 33.4 Å². The molecule has 0 aliphatic rings. The van der Waals surface area contributed by atoms with Gasteiger partial charge in [-0.3, -0.25) is 4.79 Å². The molecule has 0 fully saturated rings. The molecule has 0 saturated heterocycles. The van der Waals surface area contributed by atoms with Crippen molar-refractivity contribution in [3.05, 3.63) is 28.2 Å². The fourth-order valence-corrected chi connectivity index (χ4v) is 2.27. The van der Waals surface area contributed by atoms with E-state index >= 15 is 0 Å². The second kappa shape index (κ2) is 9.76. The first-order valence-electron chi connectivity index (χ1n) is 6.99. The van der Waals surface area contributed by atoms with Gasteiger partial charge in [0.2, 0.25) is 0 Å². The van der Waals surface area contributed by atoms with Crippen LogP contribution in [-0.4, -0.2) is 39.3 Å². The molecule has 21 heavy (non-hydrogen) atoms. The molecular formula is C15H23BrN2O3. The molecule has 0 radical (unpaired) electrons. The molecule has 1 unspecified atom stereocenters. The number of nitrogens with one attached hydrogen (secondary N) is 2. The van der Waals surface area contributed by atoms with Gasteiger partial charge in [-0.1, -0.05) is 22.9 Å². The average molecular weight is 359 g/mol. The van der Waals surface area contributed by atoms with Gasteiger partial charge in [-0.25, -0.2) is 0 Å². The van der Waals surface area contributed by atoms with Gasteiger partial charge in [-0.15, -0.1) is 0 Å². The maximum absolute atomic E-state index is 11.6. The Labute approximate surface area is 134 Å². The van der Waals surface area contributed by atoms with E-state index in [0.29, 0.717) is 18.9 Å². The van der Waals surface area contributed by atoms with Gasteiger partial charge in [-0.2, -0.15) is 0 Å². The number of carbonyl (C=O) groups excluding carboxylic acids is 1. The molecule has 0 spiro atoms. The Hall–Kier alpha value is -1.11. The smallest absolute Gasteiger partial charge is 0.258 e. The van der Waals surface area contributed by atoms with E-state index in [2.05, 4.69) is 40.4 Å². The summed E-state index contributed by atoms with van der Waals surface area (Å²) in [7, 11) is 1.60. The molecule has 5 nitrogen and oxygen atoms in total. The first-order chi connectivity index (χ1) is 10.1. The summed E-state index contributed by atoms with van der Waals surface area (Å²) in [5.41, 5.74) is 1.02. The lowest BCUT2D eigenvalue weighted by Crippen LogP contribution is -2.31. The zero-order chi connectivity index (χ0) is 15.7. The Kier molecular flexibility index (Phi) is 8.34. The second-order valence-electron chi connectivity index (χ2n) is 4.59. The largest absolute Gasteiger partial charge is 0.483 e. The van der Waals surface area contributed by atoms with E-state index in [4.69, 9.17) is 9.47 Å². The van der Waals surface area contributed by atoms with Crippen LogP contribution >= 0.6 is 15.9 Å². The summed E-state index contributed by atoms with van der Waals surface area (Å²) in [5.74, 6) is 0.561. The molecule has 1 atom stereocenters. The Bertz CT molecular complexity index is 455. The van der Waals surface area contributed by atoms with Crippen molar-refractivity contribution in [1.29, 1.82) is 0 Å². The number of hydrogen-bond donors (Lipinski definition) is 2. The highest BCUT2D eigenvalue weighted by Gasteiger charge is 2.12. The molecule has 0 heterocycles. The number of hydrogen-bond acceptors (Lipinski definition) is 4. The lowest BCUT2D eigenvalue weighted by Gasteiger charge is -2.18. The Morgan fingerprint density at radius 3 is 2.86 bits per heavy atom. The van der Waals surface area contributed by atoms with Crippen LogP contribution in [0, 0.1) is 0 Å². The summed E-state index contributed by atoms with van der Waals surface area (Å²) in [6, 6.07) is 5.93. The third kappa shape index (κ3) is 6.46. The van der Waals surface area contributed by atoms with Crippen LogP contribution in [0.25, 0.3) is 0 Å². The highest BCUT2D eigenvalue weighted by Crippen LogP contribution is 2.28. The van der Waals surface area contributed by atoms with Crippen molar-refractivity contribution in [3.63, 3.8) is 0 Å². The number of ether oxygens (including phenoxy) is 2. The van der Waals surface area contributed by atoms with Gasteiger partial charge in [0.25, 0.3) is 5.91 Å². The van der Waals surface area contributed by atoms with E-state index in [0.717, 1.165) is 16.6 Å². The minimum absolute atomic E-state index is 0.00279. The highest BCUT2D eigenvalue weighted by atomic mass is 79.9. The Morgan fingerprint density at radius 2 is 2.19 bits per heavy atom. The van der Waals surface area contributed by atoms with E-state index in [-0.39, 0.29) is 18.6 Å². The average Bonchev–Trinajstić information content (AvgIpc) is 2.46. The normalized spacial score (nSPS) is 12.0. The van der Waals surface area contributed by atoms with E-state index in [1.807, 2.05) is 18.2 Å². The fraction of sp³-hybridized carbons (Fsp3) is 0.533. The van der Waals surface area contributed by atoms with Crippen molar-refractivity contribution in [1.82, 2.24) is 10.6 Å². The van der Waals surface area contributed by atoms with E-state index < -0.39 is 0 Å². The SMILES string of the molecule is CCNC(C)c1cc(Br)ccc1OCC(=O)NCCOC. The molecular weight excluding hydrogens is 336 g/mol. The van der Waals surface area contributed by atoms with Gasteiger partial charge in [0.15, 0.2) is 6.61 Å². The standard InChI is InChI=1S/C15H23BrN2O3/c1-4-17-11(2)13-9-12(16)5-6-14(13)21-10-15(19)18-7-8-20-3/h5-6,9,11,17H,4,7-8,10H2,1-3H3,(H,18,19). The molecule has 0 aliphatic carbocycles. The van der Waals surface area contributed by atoms with Gasteiger partial charge in [0, 0.05) is 29.7 Å². The molecule has 118 valence electrons. The summed E-state index contributed by atoms with van der Waals surface area (Å²) in [5, 5.41) is 6.07. The van der Waals surface area contributed by atoms with E-state index in [9.17, 15) is 4.79 Å². The molecule has 0 saturated carbocycles. The summed E-state index contributed by atoms with van der Waals surface area (Å²) < 4.78 is 11.5. The van der Waals surface area contributed by atoms with Crippen molar-refractivity contribution in [2.24, 2.45) is 0 Å². The predicted octanol–water partition coefficient (Wildman–Crippen LogP) is 2.26. The van der Waals surface area contributed by atoms with E-state index in [1.54, 1.807) is 7.11 Å². The van der Waals surface area contributed by atoms with Crippen LogP contribution in [0.5, 0.6) is 5.75 Å². The monoisotopic (exact) mass is 358 g/mol. The van der Waals surface area contributed by atoms with Crippen molar-refractivity contribution in [2.45, 2.75) is 19.9 Å². The lowest BCUT2D eigenvalue weighted by atomic mass is 10.1. The molecule has 1 aromatic carbocycles. The summed E-state index contributed by atoms with van der Waals surface area (Å²) in [6.45, 7) is 5.96. The predicted molar refractivity (Wildman–Crippen MR) is 86.6 cm³/mol. The van der Waals surface area contributed by atoms with Crippen LogP contribution in [-0.2, 0) is 9.53 Å². The van der Waals surface area contributed by atoms with Crippen LogP contribution in [0.2, 0.25) is 0 Å². The van der Waals surface area contributed by atoms with Crippen LogP contribution in [0.15, 0.2) is 22.7 Å². The fourth-order valence-electron chi connectivity index (χ4n) is 1.89. The summed E-state index contributed by atoms with van der Waals surface area (Å²) >= 11 is 3.46. The van der Waals surface area contributed by atoms with Crippen LogP contribution < -0.4 is 15.4 Å². The number of carbonyl (C=O) groups is 1. The quantitative estimate of drug-likeness (QED) is 0.664. The highest BCUT2D eigenvalue weighted by molar-refractivity contribution is 9.10. The van der Waals surface area contributed by atoms with Gasteiger partial charge in [0.05, 0.1) is 6.61 Å². The number of halogens is 1. The molecule has 1 amide bonds. The van der Waals surface area contributed by atoms with Crippen LogP contribution in [0.4, 0.5) is 0 Å². The van der Waals surface area contributed by atoms with Crippen LogP contribution in [0.3, 0.4) is 0 Å². The molecule has 6 heteroatoms. The van der Waals surface area contributed by atoms with Crippen LogP contribution in [0.1, 0.15) is 25.5 Å². The van der Waals surface area contributed by atoms with Crippen molar-refractivity contribution in [3.8, 4) is 5.75 Å². The molecule has 2 N–H and O–H groups in total. The zero-order valence-corrected chi connectivity index (χ0v) is 14.3. The second-order valence-corrected chi connectivity index (χ2v) is 5.51. The van der Waals surface area contributed by atoms with Crippen molar-refractivity contribution >= 4 is 21.8 Å². The Morgan fingerprint density at radius 1 is 1.43 bits per heavy atom. The molecule has 0 aromatic heterocycles. The van der Waals surface area contributed by atoms with Gasteiger partial charge >= 0.3 is 0 Å². The Balaban J connectivity index is 2.63. The maximum atomic E-state index is 11.6. The maximum Gasteiger partial charge on any atom is 0.258 e. The molecule has 1 aromatic rings.